The molecule has 0 unspecified atom stereocenters. The van der Waals surface area contributed by atoms with Gasteiger partial charge < -0.3 is 20.4 Å². The average molecular weight is 409 g/mol. The number of rotatable bonds is 5. The molecule has 8 nitrogen and oxygen atoms in total. The number of hydrogen-bond donors (Lipinski definition) is 2. The van der Waals surface area contributed by atoms with Crippen molar-refractivity contribution >= 4 is 35.0 Å². The van der Waals surface area contributed by atoms with Crippen LogP contribution < -0.4 is 20.4 Å². The molecule has 0 atom stereocenters. The topological polar surface area (TPSA) is 90.5 Å². The van der Waals surface area contributed by atoms with Crippen molar-refractivity contribution in [3.8, 4) is 0 Å². The van der Waals surface area contributed by atoms with Crippen LogP contribution in [0.1, 0.15) is 44.6 Å². The molecule has 2 aliphatic rings. The van der Waals surface area contributed by atoms with Gasteiger partial charge in [-0.2, -0.15) is 4.98 Å². The van der Waals surface area contributed by atoms with E-state index in [-0.39, 0.29) is 11.8 Å². The third kappa shape index (κ3) is 4.37. The van der Waals surface area contributed by atoms with Crippen LogP contribution in [-0.2, 0) is 16.1 Å². The second-order valence-corrected chi connectivity index (χ2v) is 7.97. The first kappa shape index (κ1) is 20.1. The zero-order valence-corrected chi connectivity index (χ0v) is 17.5. The minimum absolute atomic E-state index is 0.0501. The molecule has 8 heteroatoms. The number of aromatic nitrogens is 2. The van der Waals surface area contributed by atoms with Crippen LogP contribution >= 0.6 is 0 Å². The van der Waals surface area contributed by atoms with E-state index in [0.717, 1.165) is 35.6 Å². The Labute approximate surface area is 176 Å². The van der Waals surface area contributed by atoms with Crippen molar-refractivity contribution in [1.82, 2.24) is 15.3 Å². The predicted molar refractivity (Wildman–Crippen MR) is 117 cm³/mol. The first-order chi connectivity index (χ1) is 14.5. The minimum atomic E-state index is -0.0501. The highest BCUT2D eigenvalue weighted by molar-refractivity contribution is 5.97. The highest BCUT2D eigenvalue weighted by Crippen LogP contribution is 2.36. The third-order valence-electron chi connectivity index (χ3n) is 5.84. The maximum atomic E-state index is 12.4. The first-order valence-electron chi connectivity index (χ1n) is 10.5. The van der Waals surface area contributed by atoms with Crippen LogP contribution in [0.4, 0.5) is 23.1 Å². The standard InChI is InChI=1S/C22H28N6O2/c1-15(29)23-13-16-7-9-17(10-8-16)25-22-24-14-19-21(26-22)28(18-5-3-4-6-18)12-11-20(30)27(19)2/h7-10,14,18H,3-6,11-13H2,1-2H3,(H,23,29)(H,24,25,26). The number of amides is 2. The predicted octanol–water partition coefficient (Wildman–Crippen LogP) is 2.97. The average Bonchev–Trinajstić information content (AvgIpc) is 3.24. The van der Waals surface area contributed by atoms with Crippen molar-refractivity contribution in [3.05, 3.63) is 36.0 Å². The molecule has 1 saturated carbocycles. The van der Waals surface area contributed by atoms with Crippen molar-refractivity contribution in [2.75, 3.05) is 28.7 Å². The molecule has 2 N–H and O–H groups in total. The van der Waals surface area contributed by atoms with Gasteiger partial charge in [0.2, 0.25) is 17.8 Å². The van der Waals surface area contributed by atoms with Gasteiger partial charge in [-0.05, 0) is 30.5 Å². The second kappa shape index (κ2) is 8.69. The third-order valence-corrected chi connectivity index (χ3v) is 5.84. The molecule has 1 fully saturated rings. The molecule has 4 rings (SSSR count). The van der Waals surface area contributed by atoms with Crippen molar-refractivity contribution in [2.45, 2.75) is 51.6 Å². The van der Waals surface area contributed by atoms with E-state index in [4.69, 9.17) is 4.98 Å². The van der Waals surface area contributed by atoms with E-state index in [2.05, 4.69) is 20.5 Å². The Bertz CT molecular complexity index is 924. The Morgan fingerprint density at radius 3 is 2.63 bits per heavy atom. The lowest BCUT2D eigenvalue weighted by atomic mass is 10.2. The summed E-state index contributed by atoms with van der Waals surface area (Å²) in [5, 5.41) is 6.05. The quantitative estimate of drug-likeness (QED) is 0.791. The van der Waals surface area contributed by atoms with E-state index in [1.807, 2.05) is 24.3 Å². The van der Waals surface area contributed by atoms with E-state index in [0.29, 0.717) is 31.5 Å². The summed E-state index contributed by atoms with van der Waals surface area (Å²) in [6, 6.07) is 8.23. The molecule has 0 radical (unpaired) electrons. The lowest BCUT2D eigenvalue weighted by molar-refractivity contribution is -0.119. The summed E-state index contributed by atoms with van der Waals surface area (Å²) in [7, 11) is 1.80. The monoisotopic (exact) mass is 408 g/mol. The summed E-state index contributed by atoms with van der Waals surface area (Å²) in [6.07, 6.45) is 6.95. The molecular formula is C22H28N6O2. The molecule has 1 aliphatic carbocycles. The summed E-state index contributed by atoms with van der Waals surface area (Å²) in [4.78, 5) is 36.7. The van der Waals surface area contributed by atoms with Gasteiger partial charge in [0.1, 0.15) is 5.69 Å². The molecule has 1 aromatic carbocycles. The fourth-order valence-corrected chi connectivity index (χ4v) is 4.13. The van der Waals surface area contributed by atoms with Crippen LogP contribution in [0.2, 0.25) is 0 Å². The van der Waals surface area contributed by atoms with Gasteiger partial charge in [0.05, 0.1) is 6.20 Å². The number of anilines is 4. The summed E-state index contributed by atoms with van der Waals surface area (Å²) >= 11 is 0. The van der Waals surface area contributed by atoms with E-state index >= 15 is 0 Å². The maximum absolute atomic E-state index is 12.4. The van der Waals surface area contributed by atoms with Crippen LogP contribution in [0.25, 0.3) is 0 Å². The number of nitrogens with one attached hydrogen (secondary N) is 2. The van der Waals surface area contributed by atoms with E-state index < -0.39 is 0 Å². The molecule has 1 aromatic heterocycles. The molecule has 30 heavy (non-hydrogen) atoms. The summed E-state index contributed by atoms with van der Waals surface area (Å²) < 4.78 is 0. The van der Waals surface area contributed by atoms with Gasteiger partial charge in [-0.3, -0.25) is 9.59 Å². The Hall–Kier alpha value is -3.16. The van der Waals surface area contributed by atoms with Gasteiger partial charge in [-0.25, -0.2) is 4.98 Å². The Kier molecular flexibility index (Phi) is 5.83. The van der Waals surface area contributed by atoms with Crippen molar-refractivity contribution in [2.24, 2.45) is 0 Å². The number of nitrogens with zero attached hydrogens (tertiary/aromatic N) is 4. The fourth-order valence-electron chi connectivity index (χ4n) is 4.13. The Balaban J connectivity index is 1.56. The summed E-state index contributed by atoms with van der Waals surface area (Å²) in [5.41, 5.74) is 2.65. The van der Waals surface area contributed by atoms with Gasteiger partial charge in [0.25, 0.3) is 0 Å². The zero-order chi connectivity index (χ0) is 21.1. The lowest BCUT2D eigenvalue weighted by Gasteiger charge is -2.30. The largest absolute Gasteiger partial charge is 0.352 e. The molecular weight excluding hydrogens is 380 g/mol. The number of benzene rings is 1. The number of carbonyl (C=O) groups is 2. The highest BCUT2D eigenvalue weighted by atomic mass is 16.2. The van der Waals surface area contributed by atoms with Crippen molar-refractivity contribution in [3.63, 3.8) is 0 Å². The molecule has 0 bridgehead atoms. The number of carbonyl (C=O) groups excluding carboxylic acids is 2. The van der Waals surface area contributed by atoms with E-state index in [1.54, 1.807) is 18.1 Å². The van der Waals surface area contributed by atoms with Gasteiger partial charge in [-0.15, -0.1) is 0 Å². The van der Waals surface area contributed by atoms with Crippen LogP contribution in [-0.4, -0.2) is 41.4 Å². The Morgan fingerprint density at radius 2 is 1.93 bits per heavy atom. The van der Waals surface area contributed by atoms with Gasteiger partial charge >= 0.3 is 0 Å². The van der Waals surface area contributed by atoms with Crippen LogP contribution in [0.5, 0.6) is 0 Å². The molecule has 0 spiro atoms. The fraction of sp³-hybridized carbons (Fsp3) is 0.455. The normalized spacial score (nSPS) is 16.9. The van der Waals surface area contributed by atoms with Crippen molar-refractivity contribution in [1.29, 1.82) is 0 Å². The van der Waals surface area contributed by atoms with Gasteiger partial charge in [-0.1, -0.05) is 25.0 Å². The van der Waals surface area contributed by atoms with Crippen LogP contribution in [0, 0.1) is 0 Å². The molecule has 0 saturated heterocycles. The highest BCUT2D eigenvalue weighted by Gasteiger charge is 2.31. The lowest BCUT2D eigenvalue weighted by Crippen LogP contribution is -2.34. The summed E-state index contributed by atoms with van der Waals surface area (Å²) in [6.45, 7) is 2.70. The SMILES string of the molecule is CC(=O)NCc1ccc(Nc2ncc3c(n2)N(C2CCCC2)CCC(=O)N3C)cc1. The molecule has 1 aliphatic heterocycles. The van der Waals surface area contributed by atoms with Crippen LogP contribution in [0.3, 0.4) is 0 Å². The zero-order valence-electron chi connectivity index (χ0n) is 17.5. The molecule has 2 amide bonds. The molecule has 158 valence electrons. The Morgan fingerprint density at radius 1 is 1.20 bits per heavy atom. The smallest absolute Gasteiger partial charge is 0.229 e. The number of hydrogen-bond acceptors (Lipinski definition) is 6. The second-order valence-electron chi connectivity index (χ2n) is 7.97. The van der Waals surface area contributed by atoms with Crippen molar-refractivity contribution < 1.29 is 9.59 Å². The first-order valence-corrected chi connectivity index (χ1v) is 10.5. The maximum Gasteiger partial charge on any atom is 0.229 e. The van der Waals surface area contributed by atoms with E-state index in [9.17, 15) is 9.59 Å². The molecule has 2 heterocycles. The van der Waals surface area contributed by atoms with Gasteiger partial charge in [0.15, 0.2) is 5.82 Å². The van der Waals surface area contributed by atoms with E-state index in [1.165, 1.54) is 19.8 Å². The van der Waals surface area contributed by atoms with Crippen LogP contribution in [0.15, 0.2) is 30.5 Å². The summed E-state index contributed by atoms with van der Waals surface area (Å²) in [5.74, 6) is 1.38. The molecule has 2 aromatic rings. The minimum Gasteiger partial charge on any atom is -0.352 e. The number of fused-ring (bicyclic) bond motifs is 1. The van der Waals surface area contributed by atoms with Gasteiger partial charge in [0, 0.05) is 45.2 Å².